The van der Waals surface area contributed by atoms with Crippen LogP contribution in [0.25, 0.3) is 0 Å². The van der Waals surface area contributed by atoms with Gasteiger partial charge in [0.2, 0.25) is 0 Å². The highest BCUT2D eigenvalue weighted by Crippen LogP contribution is 2.24. The molecule has 130 valence electrons. The number of aryl methyl sites for hydroxylation is 1. The van der Waals surface area contributed by atoms with Crippen molar-refractivity contribution >= 4 is 0 Å². The van der Waals surface area contributed by atoms with Crippen LogP contribution in [0.5, 0.6) is 0 Å². The van der Waals surface area contributed by atoms with Crippen molar-refractivity contribution in [2.45, 2.75) is 25.7 Å². The standard InChI is InChI=1S/C16H20F2N4O2/c1-2-22-10-19-20-16(22)15-9-21(5-6-24-15)8-14(23)12-4-3-11(17)7-13(12)18/h3-4,7,10,14-15,23H,2,5-6,8-9H2,1H3/t14-,15-/m0/s1. The van der Waals surface area contributed by atoms with Crippen LogP contribution in [0.15, 0.2) is 24.5 Å². The van der Waals surface area contributed by atoms with Gasteiger partial charge in [-0.15, -0.1) is 10.2 Å². The van der Waals surface area contributed by atoms with E-state index in [4.69, 9.17) is 4.74 Å². The summed E-state index contributed by atoms with van der Waals surface area (Å²) < 4.78 is 34.4. The maximum Gasteiger partial charge on any atom is 0.163 e. The van der Waals surface area contributed by atoms with Gasteiger partial charge in [0, 0.05) is 37.8 Å². The second kappa shape index (κ2) is 7.33. The van der Waals surface area contributed by atoms with E-state index in [0.29, 0.717) is 19.7 Å². The molecule has 0 aliphatic carbocycles. The molecular formula is C16H20F2N4O2. The van der Waals surface area contributed by atoms with Crippen LogP contribution in [-0.2, 0) is 11.3 Å². The van der Waals surface area contributed by atoms with Crippen molar-refractivity contribution in [2.24, 2.45) is 0 Å². The van der Waals surface area contributed by atoms with Gasteiger partial charge in [-0.1, -0.05) is 6.07 Å². The summed E-state index contributed by atoms with van der Waals surface area (Å²) in [5, 5.41) is 18.3. The first kappa shape index (κ1) is 16.9. The van der Waals surface area contributed by atoms with Crippen LogP contribution in [-0.4, -0.2) is 51.0 Å². The number of β-amino-alcohol motifs (C(OH)–C–C–N with tert-alkyl or cyclic N) is 1. The number of hydrogen-bond donors (Lipinski definition) is 1. The van der Waals surface area contributed by atoms with Crippen molar-refractivity contribution in [3.63, 3.8) is 0 Å². The Kier molecular flexibility index (Phi) is 5.17. The minimum atomic E-state index is -1.03. The number of aliphatic hydroxyl groups is 1. The minimum Gasteiger partial charge on any atom is -0.387 e. The van der Waals surface area contributed by atoms with Crippen molar-refractivity contribution in [3.05, 3.63) is 47.5 Å². The molecular weight excluding hydrogens is 318 g/mol. The zero-order valence-corrected chi connectivity index (χ0v) is 13.4. The normalized spacial score (nSPS) is 20.2. The summed E-state index contributed by atoms with van der Waals surface area (Å²) in [4.78, 5) is 1.98. The second-order valence-corrected chi connectivity index (χ2v) is 5.78. The summed E-state index contributed by atoms with van der Waals surface area (Å²) in [6.07, 6.45) is 0.375. The third-order valence-corrected chi connectivity index (χ3v) is 4.18. The van der Waals surface area contributed by atoms with E-state index >= 15 is 0 Å². The molecule has 2 atom stereocenters. The zero-order valence-electron chi connectivity index (χ0n) is 13.4. The molecule has 0 saturated carbocycles. The summed E-state index contributed by atoms with van der Waals surface area (Å²) in [6, 6.07) is 3.21. The van der Waals surface area contributed by atoms with E-state index in [9.17, 15) is 13.9 Å². The minimum absolute atomic E-state index is 0.0937. The van der Waals surface area contributed by atoms with E-state index < -0.39 is 17.7 Å². The van der Waals surface area contributed by atoms with Crippen LogP contribution in [0.1, 0.15) is 30.5 Å². The fourth-order valence-electron chi connectivity index (χ4n) is 2.90. The largest absolute Gasteiger partial charge is 0.387 e. The summed E-state index contributed by atoms with van der Waals surface area (Å²) in [5.41, 5.74) is 0.0937. The molecule has 1 fully saturated rings. The molecule has 1 aromatic heterocycles. The van der Waals surface area contributed by atoms with Gasteiger partial charge >= 0.3 is 0 Å². The lowest BCUT2D eigenvalue weighted by Crippen LogP contribution is -2.41. The molecule has 3 rings (SSSR count). The van der Waals surface area contributed by atoms with Gasteiger partial charge in [-0.2, -0.15) is 0 Å². The molecule has 24 heavy (non-hydrogen) atoms. The van der Waals surface area contributed by atoms with Gasteiger partial charge in [0.05, 0.1) is 12.7 Å². The van der Waals surface area contributed by atoms with Crippen molar-refractivity contribution in [1.29, 1.82) is 0 Å². The van der Waals surface area contributed by atoms with E-state index in [1.165, 1.54) is 6.07 Å². The van der Waals surface area contributed by atoms with Gasteiger partial charge in [0.1, 0.15) is 24.1 Å². The molecule has 0 spiro atoms. The first-order valence-electron chi connectivity index (χ1n) is 7.93. The lowest BCUT2D eigenvalue weighted by Gasteiger charge is -2.33. The molecule has 0 bridgehead atoms. The maximum absolute atomic E-state index is 13.8. The molecule has 1 saturated heterocycles. The lowest BCUT2D eigenvalue weighted by atomic mass is 10.1. The number of ether oxygens (including phenoxy) is 1. The third-order valence-electron chi connectivity index (χ3n) is 4.18. The molecule has 6 nitrogen and oxygen atoms in total. The number of hydrogen-bond acceptors (Lipinski definition) is 5. The quantitative estimate of drug-likeness (QED) is 0.899. The molecule has 0 radical (unpaired) electrons. The monoisotopic (exact) mass is 338 g/mol. The molecule has 0 amide bonds. The van der Waals surface area contributed by atoms with Crippen LogP contribution >= 0.6 is 0 Å². The van der Waals surface area contributed by atoms with Gasteiger partial charge in [-0.25, -0.2) is 8.78 Å². The first-order valence-corrected chi connectivity index (χ1v) is 7.93. The Balaban J connectivity index is 1.67. The predicted molar refractivity (Wildman–Crippen MR) is 82.1 cm³/mol. The SMILES string of the molecule is CCn1cnnc1[C@@H]1CN(C[C@H](O)c2ccc(F)cc2F)CCO1. The first-order chi connectivity index (χ1) is 11.6. The topological polar surface area (TPSA) is 63.4 Å². The van der Waals surface area contributed by atoms with Crippen molar-refractivity contribution in [1.82, 2.24) is 19.7 Å². The number of aliphatic hydroxyl groups excluding tert-OH is 1. The van der Waals surface area contributed by atoms with Crippen LogP contribution in [0.4, 0.5) is 8.78 Å². The second-order valence-electron chi connectivity index (χ2n) is 5.78. The van der Waals surface area contributed by atoms with Crippen LogP contribution in [0.2, 0.25) is 0 Å². The van der Waals surface area contributed by atoms with Gasteiger partial charge in [-0.3, -0.25) is 4.90 Å². The molecule has 1 aliphatic rings. The Bertz CT molecular complexity index is 694. The van der Waals surface area contributed by atoms with Gasteiger partial charge in [0.25, 0.3) is 0 Å². The van der Waals surface area contributed by atoms with Gasteiger partial charge < -0.3 is 14.4 Å². The molecule has 1 N–H and O–H groups in total. The summed E-state index contributed by atoms with van der Waals surface area (Å²) in [6.45, 7) is 4.61. The predicted octanol–water partition coefficient (Wildman–Crippen LogP) is 1.68. The van der Waals surface area contributed by atoms with Crippen LogP contribution in [0.3, 0.4) is 0 Å². The van der Waals surface area contributed by atoms with Crippen LogP contribution < -0.4 is 0 Å². The van der Waals surface area contributed by atoms with E-state index in [1.807, 2.05) is 16.4 Å². The molecule has 1 aromatic carbocycles. The molecule has 8 heteroatoms. The number of halogens is 2. The molecule has 2 aromatic rings. The number of morpholine rings is 1. The van der Waals surface area contributed by atoms with E-state index in [1.54, 1.807) is 6.33 Å². The van der Waals surface area contributed by atoms with Crippen LogP contribution in [0, 0.1) is 11.6 Å². The number of aromatic nitrogens is 3. The average molecular weight is 338 g/mol. The highest BCUT2D eigenvalue weighted by Gasteiger charge is 2.27. The number of rotatable bonds is 5. The lowest BCUT2D eigenvalue weighted by molar-refractivity contribution is -0.0479. The van der Waals surface area contributed by atoms with E-state index in [0.717, 1.165) is 24.5 Å². The van der Waals surface area contributed by atoms with Crippen molar-refractivity contribution in [3.8, 4) is 0 Å². The summed E-state index contributed by atoms with van der Waals surface area (Å²) in [5.74, 6) is -0.656. The Morgan fingerprint density at radius 1 is 1.42 bits per heavy atom. The fourth-order valence-corrected chi connectivity index (χ4v) is 2.90. The average Bonchev–Trinajstić information content (AvgIpc) is 3.03. The Morgan fingerprint density at radius 2 is 2.25 bits per heavy atom. The Labute approximate surface area is 138 Å². The summed E-state index contributed by atoms with van der Waals surface area (Å²) in [7, 11) is 0. The highest BCUT2D eigenvalue weighted by atomic mass is 19.1. The summed E-state index contributed by atoms with van der Waals surface area (Å²) >= 11 is 0. The Morgan fingerprint density at radius 3 is 3.00 bits per heavy atom. The van der Waals surface area contributed by atoms with E-state index in [-0.39, 0.29) is 18.2 Å². The molecule has 0 unspecified atom stereocenters. The van der Waals surface area contributed by atoms with Crippen molar-refractivity contribution < 1.29 is 18.6 Å². The van der Waals surface area contributed by atoms with Gasteiger partial charge in [-0.05, 0) is 13.0 Å². The van der Waals surface area contributed by atoms with Gasteiger partial charge in [0.15, 0.2) is 5.82 Å². The molecule has 1 aliphatic heterocycles. The van der Waals surface area contributed by atoms with E-state index in [2.05, 4.69) is 10.2 Å². The zero-order chi connectivity index (χ0) is 17.1. The highest BCUT2D eigenvalue weighted by molar-refractivity contribution is 5.21. The number of benzene rings is 1. The molecule has 2 heterocycles. The third kappa shape index (κ3) is 3.61. The maximum atomic E-state index is 13.8. The smallest absolute Gasteiger partial charge is 0.163 e. The number of nitrogens with zero attached hydrogens (tertiary/aromatic N) is 4. The van der Waals surface area contributed by atoms with Crippen molar-refractivity contribution in [2.75, 3.05) is 26.2 Å². The fraction of sp³-hybridized carbons (Fsp3) is 0.500. The Hall–Kier alpha value is -1.90.